The fourth-order valence-corrected chi connectivity index (χ4v) is 5.78. The SMILES string of the molecule is CO[C@H]1O[C@H](CI)[C@@H](O[Si](C)(C)C(C)(C)C)[C@H](OCc2ccccc2)[C@H]1OCc1ccccc1. The normalized spacial score (nSPS) is 25.9. The highest BCUT2D eigenvalue weighted by Gasteiger charge is 2.51. The van der Waals surface area contributed by atoms with Crippen molar-refractivity contribution in [2.45, 2.75) is 82.8 Å². The molecule has 3 rings (SSSR count). The molecule has 1 aliphatic rings. The summed E-state index contributed by atoms with van der Waals surface area (Å²) in [6, 6.07) is 20.4. The predicted octanol–water partition coefficient (Wildman–Crippen LogP) is 6.35. The lowest BCUT2D eigenvalue weighted by molar-refractivity contribution is -0.303. The third-order valence-corrected chi connectivity index (χ3v) is 12.1. The van der Waals surface area contributed by atoms with Crippen molar-refractivity contribution in [1.29, 1.82) is 0 Å². The fourth-order valence-electron chi connectivity index (χ4n) is 3.75. The number of ether oxygens (including phenoxy) is 4. The van der Waals surface area contributed by atoms with Gasteiger partial charge in [-0.05, 0) is 29.3 Å². The van der Waals surface area contributed by atoms with E-state index in [-0.39, 0.29) is 23.4 Å². The average Bonchev–Trinajstić information content (AvgIpc) is 2.82. The third-order valence-electron chi connectivity index (χ3n) is 6.78. The first-order valence-corrected chi connectivity index (χ1v) is 16.3. The van der Waals surface area contributed by atoms with Crippen LogP contribution in [0.1, 0.15) is 31.9 Å². The van der Waals surface area contributed by atoms with Crippen molar-refractivity contribution in [3.8, 4) is 0 Å². The Morgan fingerprint density at radius 3 is 1.76 bits per heavy atom. The van der Waals surface area contributed by atoms with Crippen LogP contribution in [0.25, 0.3) is 0 Å². The molecular formula is C27H39IO5Si. The lowest BCUT2D eigenvalue weighted by Gasteiger charge is -2.49. The quantitative estimate of drug-likeness (QED) is 0.181. The number of alkyl halides is 1. The monoisotopic (exact) mass is 598 g/mol. The van der Waals surface area contributed by atoms with Crippen LogP contribution in [0.15, 0.2) is 60.7 Å². The van der Waals surface area contributed by atoms with Gasteiger partial charge in [0.25, 0.3) is 0 Å². The van der Waals surface area contributed by atoms with Crippen molar-refractivity contribution in [3.63, 3.8) is 0 Å². The lowest BCUT2D eigenvalue weighted by atomic mass is 9.99. The second kappa shape index (κ2) is 12.4. The highest BCUT2D eigenvalue weighted by Crippen LogP contribution is 2.40. The molecule has 34 heavy (non-hydrogen) atoms. The van der Waals surface area contributed by atoms with E-state index in [2.05, 4.69) is 80.7 Å². The number of methoxy groups -OCH3 is 1. The second-order valence-corrected chi connectivity index (χ2v) is 15.9. The molecular weight excluding hydrogens is 559 g/mol. The van der Waals surface area contributed by atoms with Gasteiger partial charge in [0.05, 0.1) is 19.3 Å². The number of hydrogen-bond acceptors (Lipinski definition) is 5. The molecule has 0 bridgehead atoms. The van der Waals surface area contributed by atoms with E-state index >= 15 is 0 Å². The van der Waals surface area contributed by atoms with Crippen LogP contribution in [0.4, 0.5) is 0 Å². The molecule has 188 valence electrons. The first kappa shape index (κ1) is 27.8. The van der Waals surface area contributed by atoms with E-state index in [0.717, 1.165) is 15.6 Å². The van der Waals surface area contributed by atoms with Gasteiger partial charge in [0.1, 0.15) is 18.3 Å². The molecule has 0 spiro atoms. The van der Waals surface area contributed by atoms with Crippen molar-refractivity contribution in [2.24, 2.45) is 0 Å². The predicted molar refractivity (Wildman–Crippen MR) is 147 cm³/mol. The van der Waals surface area contributed by atoms with E-state index in [0.29, 0.717) is 13.2 Å². The molecule has 5 atom stereocenters. The van der Waals surface area contributed by atoms with Crippen molar-refractivity contribution in [2.75, 3.05) is 11.5 Å². The van der Waals surface area contributed by atoms with Gasteiger partial charge in [-0.2, -0.15) is 0 Å². The zero-order valence-corrected chi connectivity index (χ0v) is 24.4. The fraction of sp³-hybridized carbons (Fsp3) is 0.556. The molecule has 7 heteroatoms. The van der Waals surface area contributed by atoms with Gasteiger partial charge in [-0.25, -0.2) is 0 Å². The smallest absolute Gasteiger partial charge is 0.192 e. The van der Waals surface area contributed by atoms with Gasteiger partial charge in [0.15, 0.2) is 14.6 Å². The minimum Gasteiger partial charge on any atom is -0.408 e. The molecule has 1 fully saturated rings. The van der Waals surface area contributed by atoms with Gasteiger partial charge in [0, 0.05) is 11.5 Å². The Morgan fingerprint density at radius 1 is 0.824 bits per heavy atom. The van der Waals surface area contributed by atoms with Crippen LogP contribution >= 0.6 is 22.6 Å². The highest BCUT2D eigenvalue weighted by molar-refractivity contribution is 14.1. The van der Waals surface area contributed by atoms with Crippen LogP contribution in [0.5, 0.6) is 0 Å². The molecule has 0 unspecified atom stereocenters. The minimum atomic E-state index is -2.11. The number of halogens is 1. The third kappa shape index (κ3) is 7.12. The standard InChI is InChI=1S/C27H39IO5Si/c1-27(2,3)34(5,6)33-23-22(17-28)32-26(29-4)25(31-19-21-15-11-8-12-16-21)24(23)30-18-20-13-9-7-10-14-20/h7-16,22-26H,17-19H2,1-6H3/t22-,23-,24+,25-,26+/m1/s1. The van der Waals surface area contributed by atoms with E-state index in [4.69, 9.17) is 23.4 Å². The summed E-state index contributed by atoms with van der Waals surface area (Å²) in [5.41, 5.74) is 2.21. The molecule has 1 aliphatic heterocycles. The highest BCUT2D eigenvalue weighted by atomic mass is 127. The molecule has 2 aromatic carbocycles. The topological polar surface area (TPSA) is 46.2 Å². The number of hydrogen-bond donors (Lipinski definition) is 0. The summed E-state index contributed by atoms with van der Waals surface area (Å²) in [7, 11) is -0.445. The Kier molecular flexibility index (Phi) is 10.2. The van der Waals surface area contributed by atoms with Crippen molar-refractivity contribution >= 4 is 30.9 Å². The maximum Gasteiger partial charge on any atom is 0.192 e. The van der Waals surface area contributed by atoms with Crippen molar-refractivity contribution < 1.29 is 23.4 Å². The maximum atomic E-state index is 6.97. The van der Waals surface area contributed by atoms with Crippen LogP contribution in [0, 0.1) is 0 Å². The van der Waals surface area contributed by atoms with Gasteiger partial charge in [-0.1, -0.05) is 104 Å². The van der Waals surface area contributed by atoms with Crippen LogP contribution in [0.2, 0.25) is 18.1 Å². The second-order valence-electron chi connectivity index (χ2n) is 10.3. The summed E-state index contributed by atoms with van der Waals surface area (Å²) < 4.78 is 33.0. The summed E-state index contributed by atoms with van der Waals surface area (Å²) >= 11 is 2.37. The van der Waals surface area contributed by atoms with Gasteiger partial charge < -0.3 is 23.4 Å². The van der Waals surface area contributed by atoms with Crippen LogP contribution in [-0.2, 0) is 36.6 Å². The Labute approximate surface area is 219 Å². The van der Waals surface area contributed by atoms with Gasteiger partial charge in [-0.15, -0.1) is 0 Å². The molecule has 0 aliphatic carbocycles. The van der Waals surface area contributed by atoms with E-state index in [1.54, 1.807) is 7.11 Å². The van der Waals surface area contributed by atoms with Crippen molar-refractivity contribution in [1.82, 2.24) is 0 Å². The molecule has 1 saturated heterocycles. The minimum absolute atomic E-state index is 0.0608. The largest absolute Gasteiger partial charge is 0.408 e. The van der Waals surface area contributed by atoms with E-state index in [9.17, 15) is 0 Å². The molecule has 0 radical (unpaired) electrons. The zero-order chi connectivity index (χ0) is 24.8. The van der Waals surface area contributed by atoms with E-state index in [1.807, 2.05) is 36.4 Å². The first-order chi connectivity index (χ1) is 16.2. The molecule has 0 amide bonds. The van der Waals surface area contributed by atoms with Crippen LogP contribution in [0.3, 0.4) is 0 Å². The van der Waals surface area contributed by atoms with Gasteiger partial charge in [0.2, 0.25) is 0 Å². The number of rotatable bonds is 10. The van der Waals surface area contributed by atoms with Crippen LogP contribution in [-0.4, -0.2) is 50.6 Å². The Bertz CT molecular complexity index is 858. The van der Waals surface area contributed by atoms with Crippen molar-refractivity contribution in [3.05, 3.63) is 71.8 Å². The Hall–Kier alpha value is -0.813. The average molecular weight is 599 g/mol. The number of benzene rings is 2. The van der Waals surface area contributed by atoms with Gasteiger partial charge in [-0.3, -0.25) is 0 Å². The Balaban J connectivity index is 1.91. The molecule has 5 nitrogen and oxygen atoms in total. The Morgan fingerprint density at radius 2 is 1.32 bits per heavy atom. The summed E-state index contributed by atoms with van der Waals surface area (Å²) in [6.45, 7) is 12.2. The maximum absolute atomic E-state index is 6.97. The summed E-state index contributed by atoms with van der Waals surface area (Å²) in [4.78, 5) is 0. The van der Waals surface area contributed by atoms with E-state index < -0.39 is 20.7 Å². The van der Waals surface area contributed by atoms with E-state index in [1.165, 1.54) is 0 Å². The molecule has 1 heterocycles. The summed E-state index contributed by atoms with van der Waals surface area (Å²) in [5.74, 6) is 0. The van der Waals surface area contributed by atoms with Gasteiger partial charge >= 0.3 is 0 Å². The summed E-state index contributed by atoms with van der Waals surface area (Å²) in [5, 5.41) is 0.0608. The van der Waals surface area contributed by atoms with Crippen LogP contribution < -0.4 is 0 Å². The first-order valence-electron chi connectivity index (χ1n) is 11.9. The summed E-state index contributed by atoms with van der Waals surface area (Å²) in [6.07, 6.45) is -1.71. The molecule has 0 aromatic heterocycles. The molecule has 0 saturated carbocycles. The molecule has 0 N–H and O–H groups in total. The zero-order valence-electron chi connectivity index (χ0n) is 21.2. The molecule has 2 aromatic rings. The lowest BCUT2D eigenvalue weighted by Crippen LogP contribution is -2.63.